The van der Waals surface area contributed by atoms with E-state index >= 15 is 0 Å². The van der Waals surface area contributed by atoms with Crippen molar-refractivity contribution in [1.82, 2.24) is 9.88 Å². The van der Waals surface area contributed by atoms with Crippen LogP contribution in [0.3, 0.4) is 0 Å². The lowest BCUT2D eigenvalue weighted by Crippen LogP contribution is -2.46. The Morgan fingerprint density at radius 2 is 1.96 bits per heavy atom. The van der Waals surface area contributed by atoms with Gasteiger partial charge >= 0.3 is 0 Å². The van der Waals surface area contributed by atoms with Crippen LogP contribution in [0.4, 0.5) is 5.82 Å². The molecule has 1 aliphatic heterocycles. The molecule has 2 heterocycles. The summed E-state index contributed by atoms with van der Waals surface area (Å²) in [6, 6.07) is 3.56. The van der Waals surface area contributed by atoms with Crippen molar-refractivity contribution in [3.63, 3.8) is 0 Å². The average Bonchev–Trinajstić information content (AvgIpc) is 2.55. The van der Waals surface area contributed by atoms with Crippen molar-refractivity contribution < 1.29 is 9.59 Å². The van der Waals surface area contributed by atoms with E-state index in [0.29, 0.717) is 31.7 Å². The standard InChI is InChI=1S/C17H26N4O2/c1-11-4-5-15(19-10-11)20-16(22)14-6-8-21(9-7-14)17(23)12(2)13(3)18/h4-5,10,12-14H,6-9,18H2,1-3H3,(H,19,20,22). The maximum atomic E-state index is 12.3. The number of likely N-dealkylation sites (tertiary alicyclic amines) is 1. The summed E-state index contributed by atoms with van der Waals surface area (Å²) in [6.07, 6.45) is 3.08. The van der Waals surface area contributed by atoms with Crippen molar-refractivity contribution in [2.75, 3.05) is 18.4 Å². The first-order valence-electron chi connectivity index (χ1n) is 8.16. The molecule has 1 aromatic rings. The van der Waals surface area contributed by atoms with Gasteiger partial charge in [0, 0.05) is 31.2 Å². The van der Waals surface area contributed by atoms with E-state index < -0.39 is 0 Å². The molecule has 0 aliphatic carbocycles. The molecule has 0 bridgehead atoms. The van der Waals surface area contributed by atoms with Gasteiger partial charge in [-0.15, -0.1) is 0 Å². The summed E-state index contributed by atoms with van der Waals surface area (Å²) in [5, 5.41) is 2.85. The predicted octanol–water partition coefficient (Wildman–Crippen LogP) is 1.55. The van der Waals surface area contributed by atoms with Gasteiger partial charge in [-0.25, -0.2) is 4.98 Å². The van der Waals surface area contributed by atoms with Gasteiger partial charge in [0.2, 0.25) is 11.8 Å². The molecule has 126 valence electrons. The fraction of sp³-hybridized carbons (Fsp3) is 0.588. The fourth-order valence-electron chi connectivity index (χ4n) is 2.64. The third-order valence-corrected chi connectivity index (χ3v) is 4.52. The first kappa shape index (κ1) is 17.4. The van der Waals surface area contributed by atoms with E-state index in [1.54, 1.807) is 12.3 Å². The lowest BCUT2D eigenvalue weighted by molar-refractivity contribution is -0.138. The molecule has 0 radical (unpaired) electrons. The van der Waals surface area contributed by atoms with Crippen molar-refractivity contribution in [2.45, 2.75) is 39.7 Å². The predicted molar refractivity (Wildman–Crippen MR) is 89.7 cm³/mol. The molecule has 2 rings (SSSR count). The minimum absolute atomic E-state index is 0.0197. The Labute approximate surface area is 137 Å². The molecule has 23 heavy (non-hydrogen) atoms. The number of pyridine rings is 1. The highest BCUT2D eigenvalue weighted by molar-refractivity contribution is 5.92. The van der Waals surface area contributed by atoms with E-state index in [4.69, 9.17) is 5.73 Å². The summed E-state index contributed by atoms with van der Waals surface area (Å²) in [5.41, 5.74) is 6.85. The van der Waals surface area contributed by atoms with Crippen molar-refractivity contribution in [3.05, 3.63) is 23.9 Å². The van der Waals surface area contributed by atoms with Crippen molar-refractivity contribution >= 4 is 17.6 Å². The summed E-state index contributed by atoms with van der Waals surface area (Å²) in [7, 11) is 0. The van der Waals surface area contributed by atoms with E-state index in [9.17, 15) is 9.59 Å². The largest absolute Gasteiger partial charge is 0.342 e. The molecule has 2 amide bonds. The molecule has 2 unspecified atom stereocenters. The van der Waals surface area contributed by atoms with Crippen LogP contribution in [-0.2, 0) is 9.59 Å². The average molecular weight is 318 g/mol. The van der Waals surface area contributed by atoms with Crippen LogP contribution >= 0.6 is 0 Å². The molecule has 0 spiro atoms. The maximum Gasteiger partial charge on any atom is 0.228 e. The highest BCUT2D eigenvalue weighted by atomic mass is 16.2. The van der Waals surface area contributed by atoms with Gasteiger partial charge in [-0.3, -0.25) is 9.59 Å². The molecule has 3 N–H and O–H groups in total. The number of nitrogens with two attached hydrogens (primary N) is 1. The number of hydrogen-bond donors (Lipinski definition) is 2. The summed E-state index contributed by atoms with van der Waals surface area (Å²) in [5.74, 6) is 0.377. The normalized spacial score (nSPS) is 18.3. The van der Waals surface area contributed by atoms with E-state index in [1.807, 2.05) is 31.7 Å². The smallest absolute Gasteiger partial charge is 0.228 e. The third kappa shape index (κ3) is 4.51. The van der Waals surface area contributed by atoms with Gasteiger partial charge in [0.1, 0.15) is 5.82 Å². The number of hydrogen-bond acceptors (Lipinski definition) is 4. The number of aryl methyl sites for hydroxylation is 1. The SMILES string of the molecule is Cc1ccc(NC(=O)C2CCN(C(=O)C(C)C(C)N)CC2)nc1. The number of piperidine rings is 1. The minimum Gasteiger partial charge on any atom is -0.342 e. The topological polar surface area (TPSA) is 88.3 Å². The van der Waals surface area contributed by atoms with Crippen molar-refractivity contribution in [2.24, 2.45) is 17.6 Å². The molecule has 0 aromatic carbocycles. The molecule has 1 aromatic heterocycles. The highest BCUT2D eigenvalue weighted by Crippen LogP contribution is 2.21. The second-order valence-electron chi connectivity index (χ2n) is 6.46. The van der Waals surface area contributed by atoms with Gasteiger partial charge in [0.05, 0.1) is 5.92 Å². The van der Waals surface area contributed by atoms with E-state index in [2.05, 4.69) is 10.3 Å². The monoisotopic (exact) mass is 318 g/mol. The zero-order valence-electron chi connectivity index (χ0n) is 14.1. The van der Waals surface area contributed by atoms with Crippen molar-refractivity contribution in [1.29, 1.82) is 0 Å². The highest BCUT2D eigenvalue weighted by Gasteiger charge is 2.30. The lowest BCUT2D eigenvalue weighted by atomic mass is 9.94. The molecule has 1 aliphatic rings. The number of rotatable bonds is 4. The van der Waals surface area contributed by atoms with Crippen LogP contribution in [0.5, 0.6) is 0 Å². The Morgan fingerprint density at radius 1 is 1.30 bits per heavy atom. The number of anilines is 1. The quantitative estimate of drug-likeness (QED) is 0.881. The zero-order chi connectivity index (χ0) is 17.0. The Kier molecular flexibility index (Phi) is 5.71. The molecule has 6 heteroatoms. The second kappa shape index (κ2) is 7.55. The van der Waals surface area contributed by atoms with E-state index in [-0.39, 0.29) is 29.7 Å². The third-order valence-electron chi connectivity index (χ3n) is 4.52. The molecule has 0 saturated carbocycles. The molecule has 1 saturated heterocycles. The molecular weight excluding hydrogens is 292 g/mol. The minimum atomic E-state index is -0.183. The summed E-state index contributed by atoms with van der Waals surface area (Å²) < 4.78 is 0. The Hall–Kier alpha value is -1.95. The summed E-state index contributed by atoms with van der Waals surface area (Å²) in [4.78, 5) is 30.6. The van der Waals surface area contributed by atoms with Crippen LogP contribution in [0.2, 0.25) is 0 Å². The second-order valence-corrected chi connectivity index (χ2v) is 6.46. The number of nitrogens with zero attached hydrogens (tertiary/aromatic N) is 2. The number of amides is 2. The molecule has 1 fully saturated rings. The van der Waals surface area contributed by atoms with Gasteiger partial charge in [0.25, 0.3) is 0 Å². The number of carbonyl (C=O) groups excluding carboxylic acids is 2. The van der Waals surface area contributed by atoms with Gasteiger partial charge in [0.15, 0.2) is 0 Å². The summed E-state index contributed by atoms with van der Waals surface area (Å²) >= 11 is 0. The van der Waals surface area contributed by atoms with Crippen LogP contribution in [0.1, 0.15) is 32.3 Å². The number of aromatic nitrogens is 1. The van der Waals surface area contributed by atoms with Crippen LogP contribution in [0.25, 0.3) is 0 Å². The molecular formula is C17H26N4O2. The first-order valence-corrected chi connectivity index (χ1v) is 8.16. The maximum absolute atomic E-state index is 12.3. The van der Waals surface area contributed by atoms with E-state index in [0.717, 1.165) is 5.56 Å². The van der Waals surface area contributed by atoms with Crippen LogP contribution in [-0.4, -0.2) is 40.8 Å². The molecule has 6 nitrogen and oxygen atoms in total. The van der Waals surface area contributed by atoms with Crippen LogP contribution < -0.4 is 11.1 Å². The Balaban J connectivity index is 1.85. The van der Waals surface area contributed by atoms with Gasteiger partial charge in [-0.1, -0.05) is 13.0 Å². The first-order chi connectivity index (χ1) is 10.9. The van der Waals surface area contributed by atoms with Gasteiger partial charge in [-0.2, -0.15) is 0 Å². The number of nitrogens with one attached hydrogen (secondary N) is 1. The number of carbonyl (C=O) groups is 2. The summed E-state index contributed by atoms with van der Waals surface area (Å²) in [6.45, 7) is 6.87. The zero-order valence-corrected chi connectivity index (χ0v) is 14.1. The van der Waals surface area contributed by atoms with E-state index in [1.165, 1.54) is 0 Å². The molecule has 2 atom stereocenters. The Morgan fingerprint density at radius 3 is 2.48 bits per heavy atom. The fourth-order valence-corrected chi connectivity index (χ4v) is 2.64. The lowest BCUT2D eigenvalue weighted by Gasteiger charge is -2.33. The van der Waals surface area contributed by atoms with Crippen LogP contribution in [0.15, 0.2) is 18.3 Å². The van der Waals surface area contributed by atoms with Crippen molar-refractivity contribution in [3.8, 4) is 0 Å². The Bertz CT molecular complexity index is 548. The van der Waals surface area contributed by atoms with Gasteiger partial charge in [-0.05, 0) is 38.3 Å². The van der Waals surface area contributed by atoms with Crippen LogP contribution in [0, 0.1) is 18.8 Å². The van der Waals surface area contributed by atoms with Gasteiger partial charge < -0.3 is 16.0 Å².